The van der Waals surface area contributed by atoms with Gasteiger partial charge in [-0.05, 0) is 44.9 Å². The number of benzene rings is 3. The number of nitrogens with zero attached hydrogens (tertiary/aromatic N) is 2. The first-order valence-electron chi connectivity index (χ1n) is 12.5. The molecule has 3 aromatic rings. The van der Waals surface area contributed by atoms with Crippen LogP contribution in [0, 0.1) is 0 Å². The number of rotatable bonds is 4. The van der Waals surface area contributed by atoms with Crippen molar-refractivity contribution < 1.29 is 9.31 Å². The van der Waals surface area contributed by atoms with Crippen molar-refractivity contribution in [2.75, 3.05) is 0 Å². The molecule has 5 nitrogen and oxygen atoms in total. The molecule has 3 aromatic carbocycles. The third-order valence-corrected chi connectivity index (χ3v) is 7.54. The predicted molar refractivity (Wildman–Crippen MR) is 146 cm³/mol. The van der Waals surface area contributed by atoms with E-state index in [2.05, 4.69) is 105 Å². The molecule has 3 aliphatic rings. The molecule has 1 atom stereocenters. The topological polar surface area (TPSA) is 46.1 Å². The third-order valence-electron chi connectivity index (χ3n) is 7.54. The van der Waals surface area contributed by atoms with Crippen LogP contribution < -0.4 is 5.43 Å². The van der Waals surface area contributed by atoms with Gasteiger partial charge in [0.25, 0.3) is 0 Å². The molecule has 3 aliphatic heterocycles. The van der Waals surface area contributed by atoms with Gasteiger partial charge >= 0.3 is 7.12 Å². The molecule has 0 spiro atoms. The van der Waals surface area contributed by atoms with E-state index in [1.165, 1.54) is 0 Å². The van der Waals surface area contributed by atoms with Gasteiger partial charge in [0.2, 0.25) is 0 Å². The Morgan fingerprint density at radius 1 is 0.722 bits per heavy atom. The van der Waals surface area contributed by atoms with Crippen LogP contribution in [0.4, 0.5) is 0 Å². The Morgan fingerprint density at radius 2 is 1.22 bits per heavy atom. The average Bonchev–Trinajstić information content (AvgIpc) is 3.38. The number of aliphatic imine (C=N–C) groups is 1. The number of allylic oxidation sites excluding steroid dienone is 1. The Hall–Kier alpha value is -3.45. The molecular formula is C30H30BN3O2. The van der Waals surface area contributed by atoms with Crippen LogP contribution in [-0.4, -0.2) is 35.0 Å². The van der Waals surface area contributed by atoms with E-state index in [1.807, 2.05) is 30.3 Å². The summed E-state index contributed by atoms with van der Waals surface area (Å²) in [5.74, 6) is 0.621. The molecular weight excluding hydrogens is 445 g/mol. The molecule has 6 heteroatoms. The zero-order valence-electron chi connectivity index (χ0n) is 21.1. The van der Waals surface area contributed by atoms with E-state index in [0.717, 1.165) is 39.5 Å². The SMILES string of the molecule is CC1(C)OB(C2NN3C(c4ccccc4)=CC(c4ccccc4)=NC3=C2c2ccccc2)OC1(C)C. The quantitative estimate of drug-likeness (QED) is 0.491. The molecule has 3 heterocycles. The minimum atomic E-state index is -0.476. The molecule has 6 rings (SSSR count). The van der Waals surface area contributed by atoms with Crippen molar-refractivity contribution in [3.63, 3.8) is 0 Å². The Balaban J connectivity index is 1.54. The molecule has 0 aromatic heterocycles. The normalized spacial score (nSPS) is 22.4. The molecule has 1 fully saturated rings. The lowest BCUT2D eigenvalue weighted by Crippen LogP contribution is -2.47. The first-order valence-corrected chi connectivity index (χ1v) is 12.5. The lowest BCUT2D eigenvalue weighted by atomic mass is 9.73. The van der Waals surface area contributed by atoms with Crippen LogP contribution >= 0.6 is 0 Å². The van der Waals surface area contributed by atoms with Crippen molar-refractivity contribution in [2.24, 2.45) is 4.99 Å². The smallest absolute Gasteiger partial charge is 0.402 e. The van der Waals surface area contributed by atoms with E-state index in [4.69, 9.17) is 14.3 Å². The summed E-state index contributed by atoms with van der Waals surface area (Å²) >= 11 is 0. The molecule has 0 radical (unpaired) electrons. The maximum absolute atomic E-state index is 6.54. The number of hydrogen-bond acceptors (Lipinski definition) is 5. The monoisotopic (exact) mass is 475 g/mol. The molecule has 180 valence electrons. The van der Waals surface area contributed by atoms with Crippen molar-refractivity contribution >= 4 is 24.1 Å². The van der Waals surface area contributed by atoms with E-state index >= 15 is 0 Å². The second kappa shape index (κ2) is 8.59. The fraction of sp³-hybridized carbons (Fsp3) is 0.233. The van der Waals surface area contributed by atoms with E-state index in [-0.39, 0.29) is 5.94 Å². The highest BCUT2D eigenvalue weighted by molar-refractivity contribution is 6.51. The van der Waals surface area contributed by atoms with Gasteiger partial charge in [0.05, 0.1) is 28.6 Å². The predicted octanol–water partition coefficient (Wildman–Crippen LogP) is 5.72. The molecule has 36 heavy (non-hydrogen) atoms. The van der Waals surface area contributed by atoms with Crippen molar-refractivity contribution in [2.45, 2.75) is 44.8 Å². The van der Waals surface area contributed by atoms with Gasteiger partial charge in [-0.25, -0.2) is 10.4 Å². The van der Waals surface area contributed by atoms with Crippen molar-refractivity contribution in [3.8, 4) is 0 Å². The highest BCUT2D eigenvalue weighted by atomic mass is 16.7. The summed E-state index contributed by atoms with van der Waals surface area (Å²) in [6.07, 6.45) is 2.15. The Kier molecular flexibility index (Phi) is 5.49. The minimum Gasteiger partial charge on any atom is -0.402 e. The summed E-state index contributed by atoms with van der Waals surface area (Å²) in [5.41, 5.74) is 9.12. The number of hydrazine groups is 1. The molecule has 1 unspecified atom stereocenters. The van der Waals surface area contributed by atoms with E-state index in [9.17, 15) is 0 Å². The number of nitrogens with one attached hydrogen (secondary N) is 1. The fourth-order valence-corrected chi connectivity index (χ4v) is 4.88. The summed E-state index contributed by atoms with van der Waals surface area (Å²) in [4.78, 5) is 5.21. The van der Waals surface area contributed by atoms with Gasteiger partial charge in [-0.1, -0.05) is 91.0 Å². The van der Waals surface area contributed by atoms with Gasteiger partial charge in [0.15, 0.2) is 5.82 Å². The summed E-state index contributed by atoms with van der Waals surface area (Å²) < 4.78 is 13.1. The largest absolute Gasteiger partial charge is 0.482 e. The summed E-state index contributed by atoms with van der Waals surface area (Å²) in [6.45, 7) is 8.36. The van der Waals surface area contributed by atoms with Crippen molar-refractivity contribution in [1.82, 2.24) is 10.4 Å². The summed E-state index contributed by atoms with van der Waals surface area (Å²) in [5, 5.41) is 2.10. The van der Waals surface area contributed by atoms with Gasteiger partial charge in [0.1, 0.15) is 0 Å². The molecule has 1 saturated heterocycles. The number of fused-ring (bicyclic) bond motifs is 1. The van der Waals surface area contributed by atoms with Gasteiger partial charge in [-0.15, -0.1) is 0 Å². The van der Waals surface area contributed by atoms with E-state index < -0.39 is 18.3 Å². The second-order valence-corrected chi connectivity index (χ2v) is 10.4. The van der Waals surface area contributed by atoms with Crippen LogP contribution in [-0.2, 0) is 9.31 Å². The Labute approximate surface area is 213 Å². The summed E-state index contributed by atoms with van der Waals surface area (Å²) in [7, 11) is -0.476. The zero-order chi connectivity index (χ0) is 24.9. The molecule has 0 saturated carbocycles. The summed E-state index contributed by atoms with van der Waals surface area (Å²) in [6, 6.07) is 31.2. The molecule has 0 aliphatic carbocycles. The fourth-order valence-electron chi connectivity index (χ4n) is 4.88. The maximum Gasteiger partial charge on any atom is 0.482 e. The van der Waals surface area contributed by atoms with Crippen LogP contribution in [0.1, 0.15) is 44.4 Å². The third kappa shape index (κ3) is 3.82. The maximum atomic E-state index is 6.54. The number of hydrogen-bond donors (Lipinski definition) is 1. The Bertz CT molecular complexity index is 1350. The van der Waals surface area contributed by atoms with Gasteiger partial charge in [0, 0.05) is 11.1 Å². The van der Waals surface area contributed by atoms with Gasteiger partial charge < -0.3 is 9.31 Å². The highest BCUT2D eigenvalue weighted by Crippen LogP contribution is 2.44. The van der Waals surface area contributed by atoms with Crippen molar-refractivity contribution in [3.05, 3.63) is 120 Å². The van der Waals surface area contributed by atoms with Gasteiger partial charge in [-0.3, -0.25) is 5.01 Å². The lowest BCUT2D eigenvalue weighted by Gasteiger charge is -2.32. The second-order valence-electron chi connectivity index (χ2n) is 10.4. The molecule has 0 amide bonds. The Morgan fingerprint density at radius 3 is 1.78 bits per heavy atom. The lowest BCUT2D eigenvalue weighted by molar-refractivity contribution is 0.00578. The van der Waals surface area contributed by atoms with Crippen LogP contribution in [0.25, 0.3) is 11.3 Å². The van der Waals surface area contributed by atoms with Crippen LogP contribution in [0.2, 0.25) is 0 Å². The first-order chi connectivity index (χ1) is 17.3. The van der Waals surface area contributed by atoms with Gasteiger partial charge in [-0.2, -0.15) is 0 Å². The zero-order valence-corrected chi connectivity index (χ0v) is 21.1. The molecule has 0 bridgehead atoms. The standard InChI is InChI=1S/C30H30BN3O2/c1-29(2)30(3,4)36-31(35-29)27-26(23-18-12-7-13-19-23)28-32-24(21-14-8-5-9-15-21)20-25(34(28)33-27)22-16-10-6-11-17-22/h5-20,27,33H,1-4H3. The highest BCUT2D eigenvalue weighted by Gasteiger charge is 2.57. The molecule has 1 N–H and O–H groups in total. The average molecular weight is 475 g/mol. The van der Waals surface area contributed by atoms with Crippen LogP contribution in [0.5, 0.6) is 0 Å². The van der Waals surface area contributed by atoms with E-state index in [0.29, 0.717) is 0 Å². The van der Waals surface area contributed by atoms with Crippen LogP contribution in [0.3, 0.4) is 0 Å². The van der Waals surface area contributed by atoms with E-state index in [1.54, 1.807) is 0 Å². The van der Waals surface area contributed by atoms with Crippen LogP contribution in [0.15, 0.2) is 108 Å². The first kappa shape index (κ1) is 23.0. The minimum absolute atomic E-state index is 0.241. The van der Waals surface area contributed by atoms with Crippen molar-refractivity contribution in [1.29, 1.82) is 0 Å².